The summed E-state index contributed by atoms with van der Waals surface area (Å²) < 4.78 is 0. The Morgan fingerprint density at radius 1 is 1.39 bits per heavy atom. The van der Waals surface area contributed by atoms with Crippen LogP contribution in [0.25, 0.3) is 0 Å². The molecule has 0 aliphatic carbocycles. The molecular weight excluding hydrogens is 228 g/mol. The van der Waals surface area contributed by atoms with E-state index in [4.69, 9.17) is 5.26 Å². The Kier molecular flexibility index (Phi) is 3.72. The minimum atomic E-state index is -0.0730. The van der Waals surface area contributed by atoms with E-state index < -0.39 is 0 Å². The van der Waals surface area contributed by atoms with Gasteiger partial charge in [0.2, 0.25) is 5.91 Å². The van der Waals surface area contributed by atoms with Crippen LogP contribution in [0.4, 0.5) is 0 Å². The smallest absolute Gasteiger partial charge is 0.224 e. The van der Waals surface area contributed by atoms with Gasteiger partial charge < -0.3 is 10.3 Å². The van der Waals surface area contributed by atoms with Crippen LogP contribution >= 0.6 is 0 Å². The van der Waals surface area contributed by atoms with Gasteiger partial charge >= 0.3 is 0 Å². The van der Waals surface area contributed by atoms with E-state index in [-0.39, 0.29) is 5.91 Å². The molecule has 5 heteroatoms. The summed E-state index contributed by atoms with van der Waals surface area (Å²) in [5, 5.41) is 11.4. The number of amides is 1. The number of carbonyl (C=O) groups is 1. The highest BCUT2D eigenvalue weighted by molar-refractivity contribution is 5.78. The summed E-state index contributed by atoms with van der Waals surface area (Å²) >= 11 is 0. The second kappa shape index (κ2) is 5.64. The molecule has 0 aliphatic heterocycles. The van der Waals surface area contributed by atoms with Crippen molar-refractivity contribution in [2.24, 2.45) is 0 Å². The van der Waals surface area contributed by atoms with Crippen molar-refractivity contribution >= 4 is 5.91 Å². The first-order valence-electron chi connectivity index (χ1n) is 5.52. The fourth-order valence-corrected chi connectivity index (χ4v) is 1.52. The third-order valence-electron chi connectivity index (χ3n) is 2.46. The molecule has 2 N–H and O–H groups in total. The number of nitrogens with zero attached hydrogens (tertiary/aromatic N) is 2. The third-order valence-corrected chi connectivity index (χ3v) is 2.46. The van der Waals surface area contributed by atoms with Gasteiger partial charge in [0.25, 0.3) is 0 Å². The first-order chi connectivity index (χ1) is 8.78. The topological polar surface area (TPSA) is 81.6 Å². The molecule has 1 heterocycles. The molecule has 0 radical (unpaired) electrons. The molecule has 0 fully saturated rings. The molecule has 18 heavy (non-hydrogen) atoms. The normalized spacial score (nSPS) is 9.72. The zero-order chi connectivity index (χ0) is 12.8. The molecule has 1 aromatic heterocycles. The van der Waals surface area contributed by atoms with Crippen LogP contribution in [-0.2, 0) is 17.8 Å². The number of nitriles is 1. The molecule has 0 bridgehead atoms. The lowest BCUT2D eigenvalue weighted by Crippen LogP contribution is -2.25. The van der Waals surface area contributed by atoms with Crippen molar-refractivity contribution < 1.29 is 4.79 Å². The average molecular weight is 240 g/mol. The largest absolute Gasteiger partial charge is 0.349 e. The van der Waals surface area contributed by atoms with Gasteiger partial charge in [-0.3, -0.25) is 4.79 Å². The van der Waals surface area contributed by atoms with Crippen LogP contribution in [0.2, 0.25) is 0 Å². The van der Waals surface area contributed by atoms with Gasteiger partial charge in [0.05, 0.1) is 24.6 Å². The fraction of sp³-hybridized carbons (Fsp3) is 0.154. The highest BCUT2D eigenvalue weighted by Crippen LogP contribution is 2.04. The number of aromatic amines is 1. The molecular formula is C13H12N4O. The van der Waals surface area contributed by atoms with E-state index in [1.54, 1.807) is 36.7 Å². The van der Waals surface area contributed by atoms with E-state index in [9.17, 15) is 4.79 Å². The van der Waals surface area contributed by atoms with E-state index in [0.717, 1.165) is 11.4 Å². The quantitative estimate of drug-likeness (QED) is 0.840. The summed E-state index contributed by atoms with van der Waals surface area (Å²) in [4.78, 5) is 18.6. The van der Waals surface area contributed by atoms with E-state index in [2.05, 4.69) is 15.3 Å². The number of hydrogen-bond acceptors (Lipinski definition) is 3. The number of carbonyl (C=O) groups excluding carboxylic acids is 1. The van der Waals surface area contributed by atoms with Crippen molar-refractivity contribution in [3.8, 4) is 6.07 Å². The zero-order valence-electron chi connectivity index (χ0n) is 9.68. The van der Waals surface area contributed by atoms with Crippen molar-refractivity contribution in [1.29, 1.82) is 5.26 Å². The fourth-order valence-electron chi connectivity index (χ4n) is 1.52. The molecule has 0 spiro atoms. The van der Waals surface area contributed by atoms with E-state index >= 15 is 0 Å². The molecule has 0 atom stereocenters. The molecule has 1 amide bonds. The number of hydrogen-bond donors (Lipinski definition) is 2. The Hall–Kier alpha value is -2.61. The van der Waals surface area contributed by atoms with Gasteiger partial charge in [0.15, 0.2) is 0 Å². The molecule has 90 valence electrons. The summed E-state index contributed by atoms with van der Waals surface area (Å²) in [6.07, 6.45) is 3.65. The second-order valence-electron chi connectivity index (χ2n) is 3.80. The molecule has 0 aliphatic rings. The van der Waals surface area contributed by atoms with Crippen molar-refractivity contribution in [2.75, 3.05) is 0 Å². The van der Waals surface area contributed by atoms with Crippen LogP contribution in [0.5, 0.6) is 0 Å². The summed E-state index contributed by atoms with van der Waals surface area (Å²) in [7, 11) is 0. The molecule has 0 unspecified atom stereocenters. The standard InChI is InChI=1S/C13H12N4O/c14-8-11-3-1-10(2-4-11)7-13(18)17-9-12-15-5-6-16-12/h1-6H,7,9H2,(H,15,16)(H,17,18). The van der Waals surface area contributed by atoms with Gasteiger partial charge in [0, 0.05) is 12.4 Å². The minimum absolute atomic E-state index is 0.0730. The Labute approximate surface area is 104 Å². The minimum Gasteiger partial charge on any atom is -0.349 e. The molecule has 2 aromatic rings. The van der Waals surface area contributed by atoms with E-state index in [1.165, 1.54) is 0 Å². The maximum atomic E-state index is 11.6. The summed E-state index contributed by atoms with van der Waals surface area (Å²) in [5.74, 6) is 0.652. The van der Waals surface area contributed by atoms with Gasteiger partial charge in [-0.2, -0.15) is 5.26 Å². The Morgan fingerprint density at radius 2 is 2.17 bits per heavy atom. The van der Waals surface area contributed by atoms with Crippen LogP contribution in [0.3, 0.4) is 0 Å². The lowest BCUT2D eigenvalue weighted by molar-refractivity contribution is -0.120. The van der Waals surface area contributed by atoms with Crippen LogP contribution in [-0.4, -0.2) is 15.9 Å². The Balaban J connectivity index is 1.85. The first kappa shape index (κ1) is 11.9. The zero-order valence-corrected chi connectivity index (χ0v) is 9.68. The maximum absolute atomic E-state index is 11.6. The predicted molar refractivity (Wildman–Crippen MR) is 65.3 cm³/mol. The summed E-state index contributed by atoms with van der Waals surface area (Å²) in [5.41, 5.74) is 1.47. The van der Waals surface area contributed by atoms with E-state index in [1.807, 2.05) is 6.07 Å². The van der Waals surface area contributed by atoms with Gasteiger partial charge in [-0.25, -0.2) is 4.98 Å². The second-order valence-corrected chi connectivity index (χ2v) is 3.80. The number of aromatic nitrogens is 2. The molecule has 5 nitrogen and oxygen atoms in total. The number of benzene rings is 1. The monoisotopic (exact) mass is 240 g/mol. The van der Waals surface area contributed by atoms with Crippen LogP contribution in [0.15, 0.2) is 36.7 Å². The van der Waals surface area contributed by atoms with Crippen LogP contribution in [0, 0.1) is 11.3 Å². The van der Waals surface area contributed by atoms with Crippen molar-refractivity contribution in [3.63, 3.8) is 0 Å². The third kappa shape index (κ3) is 3.19. The number of imidazole rings is 1. The van der Waals surface area contributed by atoms with Gasteiger partial charge in [-0.05, 0) is 17.7 Å². The summed E-state index contributed by atoms with van der Waals surface area (Å²) in [6, 6.07) is 9.01. The highest BCUT2D eigenvalue weighted by atomic mass is 16.1. The number of rotatable bonds is 4. The van der Waals surface area contributed by atoms with E-state index in [0.29, 0.717) is 18.5 Å². The maximum Gasteiger partial charge on any atom is 0.224 e. The molecule has 0 saturated heterocycles. The SMILES string of the molecule is N#Cc1ccc(CC(=O)NCc2ncc[nH]2)cc1. The van der Waals surface area contributed by atoms with Gasteiger partial charge in [-0.1, -0.05) is 12.1 Å². The molecule has 0 saturated carbocycles. The summed E-state index contributed by atoms with van der Waals surface area (Å²) in [6.45, 7) is 0.391. The lowest BCUT2D eigenvalue weighted by atomic mass is 10.1. The van der Waals surface area contributed by atoms with Crippen molar-refractivity contribution in [3.05, 3.63) is 53.6 Å². The van der Waals surface area contributed by atoms with Crippen LogP contribution in [0.1, 0.15) is 17.0 Å². The molecule has 1 aromatic carbocycles. The predicted octanol–water partition coefficient (Wildman–Crippen LogP) is 1.14. The van der Waals surface area contributed by atoms with Gasteiger partial charge in [-0.15, -0.1) is 0 Å². The average Bonchev–Trinajstić information content (AvgIpc) is 2.90. The van der Waals surface area contributed by atoms with Crippen molar-refractivity contribution in [2.45, 2.75) is 13.0 Å². The number of H-pyrrole nitrogens is 1. The van der Waals surface area contributed by atoms with Crippen molar-refractivity contribution in [1.82, 2.24) is 15.3 Å². The Morgan fingerprint density at radius 3 is 2.78 bits per heavy atom. The lowest BCUT2D eigenvalue weighted by Gasteiger charge is -2.03. The highest BCUT2D eigenvalue weighted by Gasteiger charge is 2.04. The first-order valence-corrected chi connectivity index (χ1v) is 5.52. The van der Waals surface area contributed by atoms with Gasteiger partial charge in [0.1, 0.15) is 5.82 Å². The Bertz CT molecular complexity index is 552. The molecule has 2 rings (SSSR count). The number of nitrogens with one attached hydrogen (secondary N) is 2. The van der Waals surface area contributed by atoms with Crippen LogP contribution < -0.4 is 5.32 Å².